The highest BCUT2D eigenvalue weighted by Crippen LogP contribution is 2.32. The van der Waals surface area contributed by atoms with Crippen molar-refractivity contribution < 1.29 is 9.63 Å². The van der Waals surface area contributed by atoms with E-state index in [0.717, 1.165) is 28.7 Å². The Labute approximate surface area is 204 Å². The van der Waals surface area contributed by atoms with Gasteiger partial charge in [0.15, 0.2) is 0 Å². The van der Waals surface area contributed by atoms with Crippen molar-refractivity contribution >= 4 is 29.2 Å². The molecule has 0 bridgehead atoms. The number of hydrogen-bond acceptors (Lipinski definition) is 6. The maximum absolute atomic E-state index is 13.4. The summed E-state index contributed by atoms with van der Waals surface area (Å²) in [6.07, 6.45) is 2.79. The van der Waals surface area contributed by atoms with Gasteiger partial charge in [-0.1, -0.05) is 43.3 Å². The van der Waals surface area contributed by atoms with Crippen LogP contribution in [0, 0.1) is 11.3 Å². The summed E-state index contributed by atoms with van der Waals surface area (Å²) in [5.41, 5.74) is 17.9. The lowest BCUT2D eigenvalue weighted by Crippen LogP contribution is -2.34. The third-order valence-electron chi connectivity index (χ3n) is 5.62. The van der Waals surface area contributed by atoms with E-state index in [1.165, 1.54) is 5.06 Å². The Morgan fingerprint density at radius 2 is 1.86 bits per heavy atom. The molecule has 7 heteroatoms. The average molecular weight is 466 g/mol. The molecule has 0 unspecified atom stereocenters. The van der Waals surface area contributed by atoms with E-state index in [1.807, 2.05) is 61.5 Å². The summed E-state index contributed by atoms with van der Waals surface area (Å²) in [6, 6.07) is 22.7. The molecule has 1 aliphatic heterocycles. The SMILES string of the molecule is CCCN(OCc1ccc(N)cc1)C(=O)C1=Cc2ccc(-c3cccc(C#N)c3)cc2N=C(N)C1. The number of aliphatic imine (C=N–C) groups is 1. The molecule has 0 atom stereocenters. The van der Waals surface area contributed by atoms with E-state index in [-0.39, 0.29) is 18.9 Å². The third-order valence-corrected chi connectivity index (χ3v) is 5.62. The second kappa shape index (κ2) is 10.7. The number of hydroxylamine groups is 2. The molecule has 7 nitrogen and oxygen atoms in total. The van der Waals surface area contributed by atoms with Crippen molar-refractivity contribution in [3.63, 3.8) is 0 Å². The van der Waals surface area contributed by atoms with Crippen molar-refractivity contribution in [1.29, 1.82) is 5.26 Å². The topological polar surface area (TPSA) is 118 Å². The molecule has 0 aliphatic carbocycles. The molecule has 0 aromatic heterocycles. The van der Waals surface area contributed by atoms with Crippen molar-refractivity contribution in [2.75, 3.05) is 12.3 Å². The number of nitrogen functional groups attached to an aromatic ring is 1. The third kappa shape index (κ3) is 5.75. The van der Waals surface area contributed by atoms with Crippen molar-refractivity contribution in [2.24, 2.45) is 10.7 Å². The lowest BCUT2D eigenvalue weighted by molar-refractivity contribution is -0.187. The van der Waals surface area contributed by atoms with E-state index < -0.39 is 0 Å². The molecular weight excluding hydrogens is 438 g/mol. The molecule has 0 saturated heterocycles. The number of amides is 1. The number of nitrogens with zero attached hydrogens (tertiary/aromatic N) is 3. The second-order valence-electron chi connectivity index (χ2n) is 8.34. The van der Waals surface area contributed by atoms with E-state index in [0.29, 0.717) is 34.9 Å². The highest BCUT2D eigenvalue weighted by atomic mass is 16.7. The number of anilines is 1. The zero-order chi connectivity index (χ0) is 24.8. The summed E-state index contributed by atoms with van der Waals surface area (Å²) in [6.45, 7) is 2.69. The Balaban J connectivity index is 1.59. The standard InChI is InChI=1S/C28H27N5O2/c1-2-12-33(35-18-19-6-10-25(30)11-7-19)28(34)24-14-23-9-8-22(15-26(23)32-27(31)16-24)21-5-3-4-20(13-21)17-29/h3-11,13-15H,2,12,16,18,30H2,1H3,(H2,31,32). The van der Waals surface area contributed by atoms with E-state index in [1.54, 1.807) is 18.2 Å². The molecule has 3 aromatic carbocycles. The Hall–Kier alpha value is -4.41. The number of carbonyl (C=O) groups is 1. The number of rotatable bonds is 7. The van der Waals surface area contributed by atoms with Gasteiger partial charge in [-0.3, -0.25) is 9.63 Å². The molecule has 0 saturated carbocycles. The Morgan fingerprint density at radius 3 is 2.60 bits per heavy atom. The minimum Gasteiger partial charge on any atom is -0.399 e. The minimum atomic E-state index is -0.237. The zero-order valence-corrected chi connectivity index (χ0v) is 19.6. The normalized spacial score (nSPS) is 12.6. The van der Waals surface area contributed by atoms with Crippen LogP contribution in [0.15, 0.2) is 77.3 Å². The van der Waals surface area contributed by atoms with Gasteiger partial charge >= 0.3 is 0 Å². The largest absolute Gasteiger partial charge is 0.399 e. The van der Waals surface area contributed by atoms with Gasteiger partial charge in [-0.2, -0.15) is 5.26 Å². The zero-order valence-electron chi connectivity index (χ0n) is 19.6. The van der Waals surface area contributed by atoms with Gasteiger partial charge in [-0.25, -0.2) is 10.1 Å². The summed E-state index contributed by atoms with van der Waals surface area (Å²) in [4.78, 5) is 23.8. The number of nitrogens with two attached hydrogens (primary N) is 2. The highest BCUT2D eigenvalue weighted by Gasteiger charge is 2.22. The van der Waals surface area contributed by atoms with Gasteiger partial charge in [-0.05, 0) is 59.5 Å². The van der Waals surface area contributed by atoms with E-state index >= 15 is 0 Å². The number of hydrogen-bond donors (Lipinski definition) is 2. The van der Waals surface area contributed by atoms with Crippen LogP contribution in [0.3, 0.4) is 0 Å². The maximum Gasteiger partial charge on any atom is 0.273 e. The van der Waals surface area contributed by atoms with E-state index in [4.69, 9.17) is 16.3 Å². The van der Waals surface area contributed by atoms with E-state index in [2.05, 4.69) is 11.1 Å². The quantitative estimate of drug-likeness (QED) is 0.378. The predicted octanol–water partition coefficient (Wildman–Crippen LogP) is 4.95. The van der Waals surface area contributed by atoms with Gasteiger partial charge in [-0.15, -0.1) is 0 Å². The van der Waals surface area contributed by atoms with Crippen LogP contribution in [0.5, 0.6) is 0 Å². The molecule has 0 radical (unpaired) electrons. The first kappa shape index (κ1) is 23.7. The van der Waals surface area contributed by atoms with Crippen molar-refractivity contribution in [1.82, 2.24) is 5.06 Å². The molecule has 4 N–H and O–H groups in total. The van der Waals surface area contributed by atoms with Gasteiger partial charge in [0.25, 0.3) is 5.91 Å². The molecule has 3 aromatic rings. The van der Waals surface area contributed by atoms with Crippen LogP contribution in [0.4, 0.5) is 11.4 Å². The number of nitriles is 1. The molecule has 1 amide bonds. The summed E-state index contributed by atoms with van der Waals surface area (Å²) >= 11 is 0. The Kier molecular flexibility index (Phi) is 7.24. The van der Waals surface area contributed by atoms with Gasteiger partial charge in [0.1, 0.15) is 12.4 Å². The maximum atomic E-state index is 13.4. The smallest absolute Gasteiger partial charge is 0.273 e. The molecule has 1 heterocycles. The van der Waals surface area contributed by atoms with Crippen LogP contribution in [0.2, 0.25) is 0 Å². The lowest BCUT2D eigenvalue weighted by atomic mass is 10.00. The number of carbonyl (C=O) groups excluding carboxylic acids is 1. The van der Waals surface area contributed by atoms with Crippen LogP contribution < -0.4 is 11.5 Å². The first-order valence-corrected chi connectivity index (χ1v) is 11.4. The number of benzene rings is 3. The fourth-order valence-electron chi connectivity index (χ4n) is 3.83. The molecule has 35 heavy (non-hydrogen) atoms. The van der Waals surface area contributed by atoms with Gasteiger partial charge in [0.05, 0.1) is 17.3 Å². The molecule has 0 fully saturated rings. The van der Waals surface area contributed by atoms with E-state index in [9.17, 15) is 10.1 Å². The van der Waals surface area contributed by atoms with Crippen LogP contribution >= 0.6 is 0 Å². The summed E-state index contributed by atoms with van der Waals surface area (Å²) in [5, 5.41) is 10.6. The fourth-order valence-corrected chi connectivity index (χ4v) is 3.83. The van der Waals surface area contributed by atoms with Crippen molar-refractivity contribution in [3.05, 3.63) is 89.0 Å². The number of fused-ring (bicyclic) bond motifs is 1. The van der Waals surface area contributed by atoms with Gasteiger partial charge in [0.2, 0.25) is 0 Å². The monoisotopic (exact) mass is 465 g/mol. The Bertz CT molecular complexity index is 1340. The first-order valence-electron chi connectivity index (χ1n) is 11.4. The van der Waals surface area contributed by atoms with Crippen LogP contribution in [0.25, 0.3) is 17.2 Å². The minimum absolute atomic E-state index is 0.220. The number of amidine groups is 1. The van der Waals surface area contributed by atoms with Crippen LogP contribution in [-0.4, -0.2) is 23.4 Å². The molecule has 176 valence electrons. The Morgan fingerprint density at radius 1 is 1.09 bits per heavy atom. The molecule has 0 spiro atoms. The lowest BCUT2D eigenvalue weighted by Gasteiger charge is -2.22. The predicted molar refractivity (Wildman–Crippen MR) is 138 cm³/mol. The van der Waals surface area contributed by atoms with Crippen molar-refractivity contribution in [3.8, 4) is 17.2 Å². The van der Waals surface area contributed by atoms with Gasteiger partial charge in [0, 0.05) is 29.8 Å². The summed E-state index contributed by atoms with van der Waals surface area (Å²) < 4.78 is 0. The second-order valence-corrected chi connectivity index (χ2v) is 8.34. The van der Waals surface area contributed by atoms with Crippen molar-refractivity contribution in [2.45, 2.75) is 26.4 Å². The van der Waals surface area contributed by atoms with Gasteiger partial charge < -0.3 is 11.5 Å². The average Bonchev–Trinajstić information content (AvgIpc) is 3.04. The fraction of sp³-hybridized carbons (Fsp3) is 0.179. The summed E-state index contributed by atoms with van der Waals surface area (Å²) in [7, 11) is 0. The molecular formula is C28H27N5O2. The molecule has 1 aliphatic rings. The van der Waals surface area contributed by atoms with Crippen LogP contribution in [0.1, 0.15) is 36.5 Å². The molecule has 4 rings (SSSR count). The van der Waals surface area contributed by atoms with Crippen LogP contribution in [-0.2, 0) is 16.2 Å². The highest BCUT2D eigenvalue weighted by molar-refractivity contribution is 6.05. The first-order chi connectivity index (χ1) is 17.0. The summed E-state index contributed by atoms with van der Waals surface area (Å²) in [5.74, 6) is 0.111.